The Morgan fingerprint density at radius 1 is 1.67 bits per heavy atom. The second-order valence-electron chi connectivity index (χ2n) is 3.05. The van der Waals surface area contributed by atoms with Crippen LogP contribution in [0.5, 0.6) is 0 Å². The second kappa shape index (κ2) is 4.27. The predicted molar refractivity (Wildman–Crippen MR) is 42.5 cm³/mol. The standard InChI is InChI=1S/C7H14N2O3/c10-5-6-2-1-3-9(4-6)8-7(11)12/h6,8,10H,1-5H2,(H,11,12). The molecule has 1 heterocycles. The lowest BCUT2D eigenvalue weighted by molar-refractivity contribution is 0.0774. The maximum Gasteiger partial charge on any atom is 0.419 e. The highest BCUT2D eigenvalue weighted by molar-refractivity contribution is 5.63. The van der Waals surface area contributed by atoms with Crippen LogP contribution < -0.4 is 5.43 Å². The number of hydrogen-bond donors (Lipinski definition) is 3. The maximum atomic E-state index is 10.2. The smallest absolute Gasteiger partial charge is 0.419 e. The van der Waals surface area contributed by atoms with Gasteiger partial charge in [-0.15, -0.1) is 0 Å². The zero-order valence-corrected chi connectivity index (χ0v) is 6.86. The third-order valence-corrected chi connectivity index (χ3v) is 2.03. The number of amides is 1. The molecule has 0 aromatic heterocycles. The number of rotatable bonds is 2. The molecule has 1 aliphatic heterocycles. The minimum atomic E-state index is -1.03. The summed E-state index contributed by atoms with van der Waals surface area (Å²) < 4.78 is 0. The Labute approximate surface area is 71.0 Å². The van der Waals surface area contributed by atoms with E-state index in [0.717, 1.165) is 19.4 Å². The number of aliphatic hydroxyl groups excluding tert-OH is 1. The Kier molecular flexibility index (Phi) is 3.31. The highest BCUT2D eigenvalue weighted by atomic mass is 16.4. The lowest BCUT2D eigenvalue weighted by Crippen LogP contribution is -2.47. The number of nitrogens with zero attached hydrogens (tertiary/aromatic N) is 1. The van der Waals surface area contributed by atoms with Gasteiger partial charge in [-0.25, -0.2) is 9.80 Å². The Hall–Kier alpha value is -0.810. The molecule has 5 heteroatoms. The summed E-state index contributed by atoms with van der Waals surface area (Å²) in [6, 6.07) is 0. The summed E-state index contributed by atoms with van der Waals surface area (Å²) in [5, 5.41) is 18.9. The Bertz CT molecular complexity index is 163. The predicted octanol–water partition coefficient (Wildman–Crippen LogP) is -0.127. The molecule has 1 rings (SSSR count). The van der Waals surface area contributed by atoms with Crippen molar-refractivity contribution in [2.75, 3.05) is 19.7 Å². The van der Waals surface area contributed by atoms with Gasteiger partial charge < -0.3 is 10.2 Å². The van der Waals surface area contributed by atoms with Crippen molar-refractivity contribution in [1.82, 2.24) is 10.4 Å². The monoisotopic (exact) mass is 174 g/mol. The quantitative estimate of drug-likeness (QED) is 0.545. The van der Waals surface area contributed by atoms with Crippen LogP contribution in [0.3, 0.4) is 0 Å². The van der Waals surface area contributed by atoms with E-state index in [1.807, 2.05) is 0 Å². The molecular weight excluding hydrogens is 160 g/mol. The average Bonchev–Trinajstić information content (AvgIpc) is 2.03. The van der Waals surface area contributed by atoms with Crippen LogP contribution in [0.15, 0.2) is 0 Å². The zero-order chi connectivity index (χ0) is 8.97. The van der Waals surface area contributed by atoms with Gasteiger partial charge in [0.15, 0.2) is 0 Å². The first-order chi connectivity index (χ1) is 5.72. The van der Waals surface area contributed by atoms with Crippen molar-refractivity contribution >= 4 is 6.09 Å². The van der Waals surface area contributed by atoms with Crippen molar-refractivity contribution in [3.05, 3.63) is 0 Å². The fourth-order valence-corrected chi connectivity index (χ4v) is 1.45. The van der Waals surface area contributed by atoms with E-state index < -0.39 is 6.09 Å². The number of aliphatic hydroxyl groups is 1. The number of carbonyl (C=O) groups is 1. The lowest BCUT2D eigenvalue weighted by atomic mass is 10.0. The zero-order valence-electron chi connectivity index (χ0n) is 6.86. The van der Waals surface area contributed by atoms with Crippen LogP contribution in [0.25, 0.3) is 0 Å². The van der Waals surface area contributed by atoms with Crippen LogP contribution in [0, 0.1) is 5.92 Å². The summed E-state index contributed by atoms with van der Waals surface area (Å²) in [5.41, 5.74) is 2.28. The van der Waals surface area contributed by atoms with Gasteiger partial charge >= 0.3 is 6.09 Å². The molecule has 0 aromatic carbocycles. The van der Waals surface area contributed by atoms with Crippen LogP contribution >= 0.6 is 0 Å². The van der Waals surface area contributed by atoms with Gasteiger partial charge in [0, 0.05) is 19.7 Å². The molecule has 0 saturated carbocycles. The molecule has 0 aromatic rings. The van der Waals surface area contributed by atoms with Gasteiger partial charge in [0.2, 0.25) is 0 Å². The SMILES string of the molecule is O=C(O)NN1CCCC(CO)C1. The molecule has 0 spiro atoms. The Morgan fingerprint density at radius 2 is 2.42 bits per heavy atom. The number of nitrogens with one attached hydrogen (secondary N) is 1. The first-order valence-electron chi connectivity index (χ1n) is 4.07. The van der Waals surface area contributed by atoms with Crippen molar-refractivity contribution in [3.8, 4) is 0 Å². The summed E-state index contributed by atoms with van der Waals surface area (Å²) in [6.07, 6.45) is 0.883. The number of carboxylic acid groups (broad SMARTS) is 1. The third kappa shape index (κ3) is 2.67. The van der Waals surface area contributed by atoms with Crippen LogP contribution in [-0.2, 0) is 0 Å². The van der Waals surface area contributed by atoms with E-state index in [1.54, 1.807) is 5.01 Å². The first kappa shape index (κ1) is 9.28. The highest BCUT2D eigenvalue weighted by Gasteiger charge is 2.19. The van der Waals surface area contributed by atoms with Crippen molar-refractivity contribution < 1.29 is 15.0 Å². The summed E-state index contributed by atoms with van der Waals surface area (Å²) in [6.45, 7) is 1.49. The summed E-state index contributed by atoms with van der Waals surface area (Å²) in [4.78, 5) is 10.2. The van der Waals surface area contributed by atoms with Crippen molar-refractivity contribution in [3.63, 3.8) is 0 Å². The lowest BCUT2D eigenvalue weighted by Gasteiger charge is -2.30. The molecule has 1 amide bonds. The maximum absolute atomic E-state index is 10.2. The molecule has 70 valence electrons. The molecule has 0 aliphatic carbocycles. The van der Waals surface area contributed by atoms with E-state index in [2.05, 4.69) is 5.43 Å². The van der Waals surface area contributed by atoms with Crippen LogP contribution in [0.2, 0.25) is 0 Å². The van der Waals surface area contributed by atoms with E-state index in [-0.39, 0.29) is 12.5 Å². The summed E-state index contributed by atoms with van der Waals surface area (Å²) in [7, 11) is 0. The largest absolute Gasteiger partial charge is 0.464 e. The molecule has 3 N–H and O–H groups in total. The molecule has 1 saturated heterocycles. The van der Waals surface area contributed by atoms with Crippen LogP contribution in [0.1, 0.15) is 12.8 Å². The number of piperidine rings is 1. The van der Waals surface area contributed by atoms with Gasteiger partial charge in [-0.1, -0.05) is 0 Å². The van der Waals surface area contributed by atoms with E-state index >= 15 is 0 Å². The molecule has 0 radical (unpaired) electrons. The van der Waals surface area contributed by atoms with Gasteiger partial charge in [0.25, 0.3) is 0 Å². The van der Waals surface area contributed by atoms with Crippen molar-refractivity contribution in [1.29, 1.82) is 0 Å². The molecular formula is C7H14N2O3. The normalized spacial score (nSPS) is 25.2. The van der Waals surface area contributed by atoms with Gasteiger partial charge in [0.05, 0.1) is 0 Å². The van der Waals surface area contributed by atoms with Gasteiger partial charge in [0.1, 0.15) is 0 Å². The second-order valence-corrected chi connectivity index (χ2v) is 3.05. The molecule has 0 bridgehead atoms. The fraction of sp³-hybridized carbons (Fsp3) is 0.857. The topological polar surface area (TPSA) is 72.8 Å². The molecule has 1 aliphatic rings. The number of hydrogen-bond acceptors (Lipinski definition) is 3. The fourth-order valence-electron chi connectivity index (χ4n) is 1.45. The third-order valence-electron chi connectivity index (χ3n) is 2.03. The minimum absolute atomic E-state index is 0.137. The minimum Gasteiger partial charge on any atom is -0.464 e. The van der Waals surface area contributed by atoms with Crippen LogP contribution in [0.4, 0.5) is 4.79 Å². The van der Waals surface area contributed by atoms with E-state index in [9.17, 15) is 4.79 Å². The van der Waals surface area contributed by atoms with E-state index in [1.165, 1.54) is 0 Å². The Morgan fingerprint density at radius 3 is 3.00 bits per heavy atom. The average molecular weight is 174 g/mol. The summed E-state index contributed by atoms with van der Waals surface area (Å²) >= 11 is 0. The number of hydrazine groups is 1. The molecule has 1 atom stereocenters. The van der Waals surface area contributed by atoms with Gasteiger partial charge in [-0.3, -0.25) is 5.43 Å². The molecule has 1 fully saturated rings. The first-order valence-corrected chi connectivity index (χ1v) is 4.07. The van der Waals surface area contributed by atoms with Gasteiger partial charge in [-0.05, 0) is 18.8 Å². The van der Waals surface area contributed by atoms with Crippen molar-refractivity contribution in [2.45, 2.75) is 12.8 Å². The molecule has 5 nitrogen and oxygen atoms in total. The van der Waals surface area contributed by atoms with E-state index in [4.69, 9.17) is 10.2 Å². The molecule has 1 unspecified atom stereocenters. The van der Waals surface area contributed by atoms with Crippen molar-refractivity contribution in [2.24, 2.45) is 5.92 Å². The van der Waals surface area contributed by atoms with Gasteiger partial charge in [-0.2, -0.15) is 0 Å². The van der Waals surface area contributed by atoms with E-state index in [0.29, 0.717) is 6.54 Å². The molecule has 12 heavy (non-hydrogen) atoms. The highest BCUT2D eigenvalue weighted by Crippen LogP contribution is 2.13. The Balaban J connectivity index is 2.30. The van der Waals surface area contributed by atoms with Crippen LogP contribution in [-0.4, -0.2) is 41.0 Å². The summed E-state index contributed by atoms with van der Waals surface area (Å²) in [5.74, 6) is 0.214.